The summed E-state index contributed by atoms with van der Waals surface area (Å²) >= 11 is 0. The minimum absolute atomic E-state index is 0.112. The van der Waals surface area contributed by atoms with Crippen molar-refractivity contribution in [2.45, 2.75) is 26.4 Å². The monoisotopic (exact) mass is 418 g/mol. The Hall–Kier alpha value is -2.21. The summed E-state index contributed by atoms with van der Waals surface area (Å²) in [7, 11) is -3.93. The first-order chi connectivity index (χ1) is 13.0. The zero-order valence-electron chi connectivity index (χ0n) is 15.5. The highest BCUT2D eigenvalue weighted by Crippen LogP contribution is 2.22. The van der Waals surface area contributed by atoms with Crippen molar-refractivity contribution in [1.29, 1.82) is 0 Å². The second kappa shape index (κ2) is 7.66. The largest absolute Gasteiger partial charge is 0.390 e. The number of nitrogens with zero attached hydrogens (tertiary/aromatic N) is 6. The quantitative estimate of drug-likeness (QED) is 0.735. The molecule has 0 unspecified atom stereocenters. The summed E-state index contributed by atoms with van der Waals surface area (Å²) in [5.74, 6) is 0.230. The lowest BCUT2D eigenvalue weighted by Gasteiger charge is -2.34. The first kappa shape index (κ1) is 20.5. The van der Waals surface area contributed by atoms with E-state index in [2.05, 4.69) is 15.3 Å². The molecule has 0 spiro atoms. The van der Waals surface area contributed by atoms with Gasteiger partial charge in [-0.15, -0.1) is 10.2 Å². The molecule has 1 aliphatic heterocycles. The minimum Gasteiger partial charge on any atom is -0.352 e. The van der Waals surface area contributed by atoms with E-state index in [1.54, 1.807) is 16.8 Å². The van der Waals surface area contributed by atoms with E-state index >= 15 is 0 Å². The van der Waals surface area contributed by atoms with Gasteiger partial charge in [-0.25, -0.2) is 13.1 Å². The topological polar surface area (TPSA) is 84.2 Å². The van der Waals surface area contributed by atoms with Crippen LogP contribution >= 0.6 is 0 Å². The minimum atomic E-state index is -4.49. The second-order valence-electron chi connectivity index (χ2n) is 6.66. The van der Waals surface area contributed by atoms with Gasteiger partial charge >= 0.3 is 6.18 Å². The Morgan fingerprint density at radius 3 is 2.14 bits per heavy atom. The van der Waals surface area contributed by atoms with Gasteiger partial charge in [0.25, 0.3) is 0 Å². The van der Waals surface area contributed by atoms with Crippen LogP contribution < -0.4 is 4.90 Å². The standard InChI is InChI=1S/C16H21F3N6O2S/c1-12-11-13(2)25(22-12)15-4-3-14(20-21-15)23-6-8-24(9-7-23)28(26,27)10-5-16(17,18)19/h3-4,11H,5-10H2,1-2H3. The van der Waals surface area contributed by atoms with Crippen LogP contribution in [0.4, 0.5) is 19.0 Å². The van der Waals surface area contributed by atoms with Crippen LogP contribution in [0.2, 0.25) is 0 Å². The Morgan fingerprint density at radius 1 is 1.04 bits per heavy atom. The van der Waals surface area contributed by atoms with Gasteiger partial charge in [-0.1, -0.05) is 0 Å². The Labute approximate surface area is 161 Å². The summed E-state index contributed by atoms with van der Waals surface area (Å²) in [5.41, 5.74) is 1.79. The Bertz CT molecular complexity index is 919. The van der Waals surface area contributed by atoms with Crippen molar-refractivity contribution in [3.05, 3.63) is 29.6 Å². The lowest BCUT2D eigenvalue weighted by molar-refractivity contribution is -0.130. The zero-order chi connectivity index (χ0) is 20.5. The number of hydrogen-bond donors (Lipinski definition) is 0. The normalized spacial score (nSPS) is 16.5. The van der Waals surface area contributed by atoms with Gasteiger partial charge in [0.1, 0.15) is 0 Å². The molecule has 1 fully saturated rings. The SMILES string of the molecule is Cc1cc(C)n(-c2ccc(N3CCN(S(=O)(=O)CCC(F)(F)F)CC3)nn2)n1. The van der Waals surface area contributed by atoms with Gasteiger partial charge in [0.05, 0.1) is 17.9 Å². The van der Waals surface area contributed by atoms with E-state index in [4.69, 9.17) is 0 Å². The van der Waals surface area contributed by atoms with E-state index in [0.717, 1.165) is 15.7 Å². The average molecular weight is 418 g/mol. The molecule has 0 atom stereocenters. The smallest absolute Gasteiger partial charge is 0.352 e. The molecule has 12 heteroatoms. The molecule has 0 radical (unpaired) electrons. The van der Waals surface area contributed by atoms with Crippen LogP contribution in [0, 0.1) is 13.8 Å². The maximum absolute atomic E-state index is 12.3. The third-order valence-corrected chi connectivity index (χ3v) is 6.33. The van der Waals surface area contributed by atoms with Gasteiger partial charge in [0.2, 0.25) is 10.0 Å². The summed E-state index contributed by atoms with van der Waals surface area (Å²) in [4.78, 5) is 1.85. The lowest BCUT2D eigenvalue weighted by Crippen LogP contribution is -2.49. The summed E-state index contributed by atoms with van der Waals surface area (Å²) < 4.78 is 63.9. The van der Waals surface area contributed by atoms with Crippen LogP contribution in [-0.4, -0.2) is 70.8 Å². The molecule has 1 saturated heterocycles. The number of alkyl halides is 3. The number of sulfonamides is 1. The van der Waals surface area contributed by atoms with Crippen LogP contribution in [0.5, 0.6) is 0 Å². The Morgan fingerprint density at radius 2 is 1.64 bits per heavy atom. The lowest BCUT2D eigenvalue weighted by atomic mass is 10.3. The van der Waals surface area contributed by atoms with Crippen LogP contribution in [-0.2, 0) is 10.0 Å². The fraction of sp³-hybridized carbons (Fsp3) is 0.562. The van der Waals surface area contributed by atoms with Gasteiger partial charge in [0, 0.05) is 31.9 Å². The van der Waals surface area contributed by atoms with Gasteiger partial charge in [-0.05, 0) is 32.0 Å². The zero-order valence-corrected chi connectivity index (χ0v) is 16.3. The highest BCUT2D eigenvalue weighted by molar-refractivity contribution is 7.89. The van der Waals surface area contributed by atoms with E-state index in [1.807, 2.05) is 24.8 Å². The van der Waals surface area contributed by atoms with Crippen molar-refractivity contribution >= 4 is 15.8 Å². The summed E-state index contributed by atoms with van der Waals surface area (Å²) in [6.45, 7) is 4.68. The molecule has 0 aromatic carbocycles. The van der Waals surface area contributed by atoms with Gasteiger partial charge in [-0.3, -0.25) is 0 Å². The number of aryl methyl sites for hydroxylation is 2. The van der Waals surface area contributed by atoms with Crippen molar-refractivity contribution in [3.8, 4) is 5.82 Å². The third-order valence-electron chi connectivity index (χ3n) is 4.46. The molecule has 3 rings (SSSR count). The Balaban J connectivity index is 1.61. The molecule has 2 aromatic heterocycles. The number of halogens is 3. The third kappa shape index (κ3) is 4.79. The molecule has 0 N–H and O–H groups in total. The highest BCUT2D eigenvalue weighted by Gasteiger charge is 2.33. The summed E-state index contributed by atoms with van der Waals surface area (Å²) in [6.07, 6.45) is -5.83. The molecule has 0 amide bonds. The number of rotatable bonds is 5. The predicted molar refractivity (Wildman–Crippen MR) is 96.9 cm³/mol. The van der Waals surface area contributed by atoms with E-state index in [0.29, 0.717) is 24.7 Å². The second-order valence-corrected chi connectivity index (χ2v) is 8.74. The Kier molecular flexibility index (Phi) is 5.62. The fourth-order valence-corrected chi connectivity index (χ4v) is 4.50. The van der Waals surface area contributed by atoms with Crippen molar-refractivity contribution < 1.29 is 21.6 Å². The van der Waals surface area contributed by atoms with E-state index in [9.17, 15) is 21.6 Å². The number of piperazine rings is 1. The van der Waals surface area contributed by atoms with Crippen LogP contribution in [0.3, 0.4) is 0 Å². The maximum atomic E-state index is 12.3. The van der Waals surface area contributed by atoms with E-state index in [1.165, 1.54) is 0 Å². The van der Waals surface area contributed by atoms with Gasteiger partial charge < -0.3 is 4.90 Å². The first-order valence-electron chi connectivity index (χ1n) is 8.72. The number of anilines is 1. The molecular weight excluding hydrogens is 397 g/mol. The first-order valence-corrected chi connectivity index (χ1v) is 10.3. The van der Waals surface area contributed by atoms with E-state index in [-0.39, 0.29) is 13.1 Å². The predicted octanol–water partition coefficient (Wildman–Crippen LogP) is 1.68. The maximum Gasteiger partial charge on any atom is 0.390 e. The molecule has 1 aliphatic rings. The fourth-order valence-electron chi connectivity index (χ4n) is 3.03. The molecule has 154 valence electrons. The van der Waals surface area contributed by atoms with Crippen LogP contribution in [0.1, 0.15) is 17.8 Å². The molecule has 28 heavy (non-hydrogen) atoms. The van der Waals surface area contributed by atoms with Crippen molar-refractivity contribution in [3.63, 3.8) is 0 Å². The molecule has 3 heterocycles. The summed E-state index contributed by atoms with van der Waals surface area (Å²) in [5, 5.41) is 12.7. The van der Waals surface area contributed by atoms with Crippen molar-refractivity contribution in [2.75, 3.05) is 36.8 Å². The van der Waals surface area contributed by atoms with Crippen molar-refractivity contribution in [1.82, 2.24) is 24.3 Å². The van der Waals surface area contributed by atoms with Crippen LogP contribution in [0.25, 0.3) is 5.82 Å². The molecular formula is C16H21F3N6O2S. The highest BCUT2D eigenvalue weighted by atomic mass is 32.2. The molecule has 8 nitrogen and oxygen atoms in total. The molecule has 0 bridgehead atoms. The molecule has 2 aromatic rings. The molecule has 0 aliphatic carbocycles. The number of aromatic nitrogens is 4. The van der Waals surface area contributed by atoms with Crippen LogP contribution in [0.15, 0.2) is 18.2 Å². The van der Waals surface area contributed by atoms with Crippen molar-refractivity contribution in [2.24, 2.45) is 0 Å². The average Bonchev–Trinajstić information content (AvgIpc) is 2.98. The van der Waals surface area contributed by atoms with E-state index < -0.39 is 28.4 Å². The van der Waals surface area contributed by atoms with Gasteiger partial charge in [-0.2, -0.15) is 22.6 Å². The molecule has 0 saturated carbocycles. The summed E-state index contributed by atoms with van der Waals surface area (Å²) in [6, 6.07) is 5.47. The van der Waals surface area contributed by atoms with Gasteiger partial charge in [0.15, 0.2) is 11.6 Å². The number of hydrogen-bond acceptors (Lipinski definition) is 6.